The maximum Gasteiger partial charge on any atom is 0.248 e. The van der Waals surface area contributed by atoms with E-state index in [4.69, 9.17) is 0 Å². The standard InChI is InChI=1S/C22H23FN2O2S/c1-13-3-8-17(9-14(13)2)24-21(26)20-11-28-12-25(20)22(27)19-10-18(19)15-4-6-16(23)7-5-15/h3-9,18-20H,10-12H2,1-2H3,(H,24,26). The monoisotopic (exact) mass is 398 g/mol. The van der Waals surface area contributed by atoms with E-state index in [0.717, 1.165) is 23.2 Å². The largest absolute Gasteiger partial charge is 0.324 e. The van der Waals surface area contributed by atoms with E-state index in [1.165, 1.54) is 17.7 Å². The smallest absolute Gasteiger partial charge is 0.248 e. The van der Waals surface area contributed by atoms with Gasteiger partial charge in [0, 0.05) is 17.4 Å². The molecule has 0 aromatic heterocycles. The predicted molar refractivity (Wildman–Crippen MR) is 110 cm³/mol. The molecule has 28 heavy (non-hydrogen) atoms. The van der Waals surface area contributed by atoms with Crippen LogP contribution in [0.3, 0.4) is 0 Å². The van der Waals surface area contributed by atoms with Crippen molar-refractivity contribution < 1.29 is 14.0 Å². The number of anilines is 1. The molecule has 2 fully saturated rings. The average Bonchev–Trinajstić information content (AvgIpc) is 3.31. The fourth-order valence-corrected chi connectivity index (χ4v) is 4.84. The summed E-state index contributed by atoms with van der Waals surface area (Å²) in [5, 5.41) is 2.96. The molecule has 3 atom stereocenters. The van der Waals surface area contributed by atoms with Crippen molar-refractivity contribution in [2.45, 2.75) is 32.2 Å². The molecule has 0 spiro atoms. The second-order valence-corrected chi connectivity index (χ2v) is 8.61. The summed E-state index contributed by atoms with van der Waals surface area (Å²) < 4.78 is 13.1. The molecule has 6 heteroatoms. The lowest BCUT2D eigenvalue weighted by Gasteiger charge is -2.23. The first-order valence-electron chi connectivity index (χ1n) is 9.46. The highest BCUT2D eigenvalue weighted by Crippen LogP contribution is 2.49. The van der Waals surface area contributed by atoms with Crippen LogP contribution in [0.15, 0.2) is 42.5 Å². The van der Waals surface area contributed by atoms with Gasteiger partial charge in [0.05, 0.1) is 5.88 Å². The predicted octanol–water partition coefficient (Wildman–Crippen LogP) is 4.09. The minimum absolute atomic E-state index is 0.0274. The molecule has 1 N–H and O–H groups in total. The summed E-state index contributed by atoms with van der Waals surface area (Å²) in [7, 11) is 0. The van der Waals surface area contributed by atoms with Crippen LogP contribution in [0.2, 0.25) is 0 Å². The van der Waals surface area contributed by atoms with Crippen molar-refractivity contribution in [1.82, 2.24) is 4.90 Å². The lowest BCUT2D eigenvalue weighted by molar-refractivity contribution is -0.137. The van der Waals surface area contributed by atoms with Gasteiger partial charge >= 0.3 is 0 Å². The van der Waals surface area contributed by atoms with Crippen molar-refractivity contribution in [2.75, 3.05) is 16.9 Å². The molecule has 1 saturated carbocycles. The summed E-state index contributed by atoms with van der Waals surface area (Å²) in [6.07, 6.45) is 0.761. The number of thioether (sulfide) groups is 1. The molecule has 2 aromatic carbocycles. The first-order valence-corrected chi connectivity index (χ1v) is 10.6. The van der Waals surface area contributed by atoms with Gasteiger partial charge in [-0.05, 0) is 67.1 Å². The zero-order chi connectivity index (χ0) is 19.8. The van der Waals surface area contributed by atoms with E-state index >= 15 is 0 Å². The molecule has 2 aliphatic rings. The van der Waals surface area contributed by atoms with Crippen molar-refractivity contribution >= 4 is 29.3 Å². The van der Waals surface area contributed by atoms with E-state index in [1.54, 1.807) is 28.8 Å². The SMILES string of the molecule is Cc1ccc(NC(=O)C2CSCN2C(=O)C2CC2c2ccc(F)cc2)cc1C. The van der Waals surface area contributed by atoms with Crippen LogP contribution in [0.25, 0.3) is 0 Å². The maximum absolute atomic E-state index is 13.1. The molecule has 4 nitrogen and oxygen atoms in total. The number of halogens is 1. The number of nitrogens with one attached hydrogen (secondary N) is 1. The van der Waals surface area contributed by atoms with Gasteiger partial charge in [-0.1, -0.05) is 18.2 Å². The molecular weight excluding hydrogens is 375 g/mol. The van der Waals surface area contributed by atoms with E-state index in [1.807, 2.05) is 32.0 Å². The molecule has 1 heterocycles. The number of amides is 2. The Morgan fingerprint density at radius 1 is 1.11 bits per heavy atom. The van der Waals surface area contributed by atoms with E-state index in [2.05, 4.69) is 5.32 Å². The third kappa shape index (κ3) is 3.78. The Morgan fingerprint density at radius 3 is 2.57 bits per heavy atom. The first-order chi connectivity index (χ1) is 13.4. The Labute approximate surface area is 168 Å². The minimum atomic E-state index is -0.450. The lowest BCUT2D eigenvalue weighted by Crippen LogP contribution is -2.45. The van der Waals surface area contributed by atoms with Gasteiger partial charge in [0.2, 0.25) is 11.8 Å². The maximum atomic E-state index is 13.1. The van der Waals surface area contributed by atoms with Crippen LogP contribution in [0, 0.1) is 25.6 Å². The second kappa shape index (κ2) is 7.59. The van der Waals surface area contributed by atoms with Crippen molar-refractivity contribution in [1.29, 1.82) is 0 Å². The van der Waals surface area contributed by atoms with Gasteiger partial charge in [0.1, 0.15) is 11.9 Å². The molecule has 0 radical (unpaired) electrons. The summed E-state index contributed by atoms with van der Waals surface area (Å²) in [4.78, 5) is 27.5. The molecule has 4 rings (SSSR count). The summed E-state index contributed by atoms with van der Waals surface area (Å²) in [6, 6.07) is 11.7. The normalized spacial score (nSPS) is 23.5. The summed E-state index contributed by atoms with van der Waals surface area (Å²) in [5.74, 6) is 0.780. The second-order valence-electron chi connectivity index (χ2n) is 7.61. The van der Waals surface area contributed by atoms with Gasteiger partial charge in [-0.25, -0.2) is 4.39 Å². The highest BCUT2D eigenvalue weighted by atomic mass is 32.2. The molecule has 2 aromatic rings. The number of hydrogen-bond donors (Lipinski definition) is 1. The van der Waals surface area contributed by atoms with Crippen molar-refractivity contribution in [3.63, 3.8) is 0 Å². The van der Waals surface area contributed by atoms with Gasteiger partial charge in [-0.3, -0.25) is 9.59 Å². The first kappa shape index (κ1) is 19.0. The Balaban J connectivity index is 1.41. The van der Waals surface area contributed by atoms with E-state index in [0.29, 0.717) is 11.6 Å². The summed E-state index contributed by atoms with van der Waals surface area (Å²) in [5.41, 5.74) is 4.04. The molecular formula is C22H23FN2O2S. The van der Waals surface area contributed by atoms with Crippen LogP contribution in [-0.2, 0) is 9.59 Å². The number of carbonyl (C=O) groups is 2. The van der Waals surface area contributed by atoms with E-state index < -0.39 is 6.04 Å². The fourth-order valence-electron chi connectivity index (χ4n) is 3.68. The Morgan fingerprint density at radius 2 is 1.86 bits per heavy atom. The molecule has 1 aliphatic carbocycles. The quantitative estimate of drug-likeness (QED) is 0.844. The molecule has 2 amide bonds. The van der Waals surface area contributed by atoms with Crippen LogP contribution >= 0.6 is 11.8 Å². The fraction of sp³-hybridized carbons (Fsp3) is 0.364. The van der Waals surface area contributed by atoms with Gasteiger partial charge in [-0.2, -0.15) is 0 Å². The van der Waals surface area contributed by atoms with Crippen molar-refractivity contribution in [3.8, 4) is 0 Å². The molecule has 1 aliphatic heterocycles. The van der Waals surface area contributed by atoms with Crippen LogP contribution < -0.4 is 5.32 Å². The van der Waals surface area contributed by atoms with Crippen LogP contribution in [0.5, 0.6) is 0 Å². The van der Waals surface area contributed by atoms with Gasteiger partial charge in [-0.15, -0.1) is 11.8 Å². The molecule has 3 unspecified atom stereocenters. The minimum Gasteiger partial charge on any atom is -0.324 e. The van der Waals surface area contributed by atoms with Crippen molar-refractivity contribution in [2.24, 2.45) is 5.92 Å². The number of carbonyl (C=O) groups excluding carboxylic acids is 2. The number of rotatable bonds is 4. The topological polar surface area (TPSA) is 49.4 Å². The number of aryl methyl sites for hydroxylation is 2. The Hall–Kier alpha value is -2.34. The number of benzene rings is 2. The molecule has 1 saturated heterocycles. The Bertz CT molecular complexity index is 915. The summed E-state index contributed by atoms with van der Waals surface area (Å²) in [6.45, 7) is 4.04. The average molecular weight is 399 g/mol. The van der Waals surface area contributed by atoms with Gasteiger partial charge < -0.3 is 10.2 Å². The zero-order valence-electron chi connectivity index (χ0n) is 15.9. The molecule has 146 valence electrons. The highest BCUT2D eigenvalue weighted by molar-refractivity contribution is 7.99. The van der Waals surface area contributed by atoms with Crippen molar-refractivity contribution in [3.05, 3.63) is 65.0 Å². The van der Waals surface area contributed by atoms with Gasteiger partial charge in [0.15, 0.2) is 0 Å². The van der Waals surface area contributed by atoms with Crippen LogP contribution in [0.1, 0.15) is 29.0 Å². The lowest BCUT2D eigenvalue weighted by atomic mass is 10.1. The van der Waals surface area contributed by atoms with Crippen LogP contribution in [0.4, 0.5) is 10.1 Å². The third-order valence-electron chi connectivity index (χ3n) is 5.65. The van der Waals surface area contributed by atoms with Gasteiger partial charge in [0.25, 0.3) is 0 Å². The van der Waals surface area contributed by atoms with E-state index in [-0.39, 0.29) is 29.5 Å². The van der Waals surface area contributed by atoms with Crippen LogP contribution in [-0.4, -0.2) is 34.4 Å². The number of nitrogens with zero attached hydrogens (tertiary/aromatic N) is 1. The Kier molecular flexibility index (Phi) is 5.15. The zero-order valence-corrected chi connectivity index (χ0v) is 16.8. The highest BCUT2D eigenvalue weighted by Gasteiger charge is 2.48. The molecule has 0 bridgehead atoms. The third-order valence-corrected chi connectivity index (χ3v) is 6.66. The van der Waals surface area contributed by atoms with E-state index in [9.17, 15) is 14.0 Å². The summed E-state index contributed by atoms with van der Waals surface area (Å²) >= 11 is 1.60. The number of hydrogen-bond acceptors (Lipinski definition) is 3.